The van der Waals surface area contributed by atoms with Gasteiger partial charge in [0.05, 0.1) is 10.6 Å². The number of phenolic OH excluding ortho intramolecular Hbond substituents is 1. The molecule has 2 N–H and O–H groups in total. The lowest BCUT2D eigenvalue weighted by molar-refractivity contribution is -0.118. The van der Waals surface area contributed by atoms with Gasteiger partial charge in [-0.3, -0.25) is 4.79 Å². The molecule has 2 aromatic rings. The number of sulfonamides is 1. The minimum atomic E-state index is -3.75. The minimum Gasteiger partial charge on any atom is -0.506 e. The van der Waals surface area contributed by atoms with Crippen molar-refractivity contribution in [3.63, 3.8) is 0 Å². The molecule has 9 heteroatoms. The molecular weight excluding hydrogens is 375 g/mol. The molecule has 0 unspecified atom stereocenters. The summed E-state index contributed by atoms with van der Waals surface area (Å²) in [5, 5.41) is 12.3. The van der Waals surface area contributed by atoms with Crippen molar-refractivity contribution >= 4 is 21.6 Å². The predicted octanol–water partition coefficient (Wildman–Crippen LogP) is 2.58. The van der Waals surface area contributed by atoms with Gasteiger partial charge in [0, 0.05) is 13.1 Å². The molecule has 0 aromatic heterocycles. The first-order valence-corrected chi connectivity index (χ1v) is 9.74. The largest absolute Gasteiger partial charge is 0.506 e. The van der Waals surface area contributed by atoms with Crippen LogP contribution >= 0.6 is 0 Å². The molecule has 1 amide bonds. The second-order valence-electron chi connectivity index (χ2n) is 5.54. The third-order valence-corrected chi connectivity index (χ3v) is 5.83. The Hall–Kier alpha value is -2.65. The van der Waals surface area contributed by atoms with Crippen molar-refractivity contribution in [2.45, 2.75) is 18.7 Å². The Morgan fingerprint density at radius 3 is 2.48 bits per heavy atom. The Labute approximate surface area is 157 Å². The van der Waals surface area contributed by atoms with Crippen molar-refractivity contribution in [1.82, 2.24) is 4.31 Å². The highest BCUT2D eigenvalue weighted by atomic mass is 32.2. The van der Waals surface area contributed by atoms with E-state index in [0.717, 1.165) is 0 Å². The maximum atomic E-state index is 13.5. The zero-order valence-electron chi connectivity index (χ0n) is 15.0. The van der Waals surface area contributed by atoms with Crippen molar-refractivity contribution in [1.29, 1.82) is 0 Å². The third-order valence-electron chi connectivity index (χ3n) is 3.78. The molecule has 0 bridgehead atoms. The number of anilines is 1. The van der Waals surface area contributed by atoms with Gasteiger partial charge in [0.25, 0.3) is 5.91 Å². The number of para-hydroxylation sites is 1. The lowest BCUT2D eigenvalue weighted by atomic mass is 10.3. The maximum Gasteiger partial charge on any atom is 0.262 e. The molecule has 0 saturated heterocycles. The number of phenols is 1. The minimum absolute atomic E-state index is 0.0608. The molecule has 0 spiro atoms. The SMILES string of the molecule is CCN(CC)S(=O)(=O)c1ccc(O)c(NC(=O)COc2ccccc2F)c1. The number of carbonyl (C=O) groups excluding carboxylic acids is 1. The highest BCUT2D eigenvalue weighted by Crippen LogP contribution is 2.28. The third kappa shape index (κ3) is 4.95. The van der Waals surface area contributed by atoms with Crippen LogP contribution in [0.5, 0.6) is 11.5 Å². The van der Waals surface area contributed by atoms with Gasteiger partial charge in [-0.25, -0.2) is 12.8 Å². The first-order chi connectivity index (χ1) is 12.8. The van der Waals surface area contributed by atoms with E-state index in [0.29, 0.717) is 0 Å². The van der Waals surface area contributed by atoms with Crippen LogP contribution in [0.25, 0.3) is 0 Å². The fourth-order valence-corrected chi connectivity index (χ4v) is 3.86. The topological polar surface area (TPSA) is 95.9 Å². The van der Waals surface area contributed by atoms with Gasteiger partial charge < -0.3 is 15.2 Å². The molecule has 2 rings (SSSR count). The van der Waals surface area contributed by atoms with Crippen LogP contribution in [0.15, 0.2) is 47.4 Å². The van der Waals surface area contributed by atoms with Gasteiger partial charge in [-0.15, -0.1) is 0 Å². The summed E-state index contributed by atoms with van der Waals surface area (Å²) >= 11 is 0. The summed E-state index contributed by atoms with van der Waals surface area (Å²) in [4.78, 5) is 12.0. The maximum absolute atomic E-state index is 13.5. The van der Waals surface area contributed by atoms with Crippen molar-refractivity contribution in [2.24, 2.45) is 0 Å². The molecule has 0 radical (unpaired) electrons. The molecular formula is C18H21FN2O5S. The average Bonchev–Trinajstić information content (AvgIpc) is 2.63. The fourth-order valence-electron chi connectivity index (χ4n) is 2.38. The van der Waals surface area contributed by atoms with E-state index in [1.807, 2.05) is 0 Å². The van der Waals surface area contributed by atoms with Crippen molar-refractivity contribution < 1.29 is 27.4 Å². The summed E-state index contributed by atoms with van der Waals surface area (Å²) in [6.07, 6.45) is 0. The van der Waals surface area contributed by atoms with Gasteiger partial charge in [-0.05, 0) is 30.3 Å². The highest BCUT2D eigenvalue weighted by molar-refractivity contribution is 7.89. The lowest BCUT2D eigenvalue weighted by Gasteiger charge is -2.19. The first kappa shape index (κ1) is 20.7. The number of ether oxygens (including phenoxy) is 1. The number of nitrogens with zero attached hydrogens (tertiary/aromatic N) is 1. The summed E-state index contributed by atoms with van der Waals surface area (Å²) in [6.45, 7) is 3.50. The van der Waals surface area contributed by atoms with Crippen LogP contribution in [0.2, 0.25) is 0 Å². The summed E-state index contributed by atoms with van der Waals surface area (Å²) in [5.74, 6) is -1.67. The number of nitrogens with one attached hydrogen (secondary N) is 1. The molecule has 27 heavy (non-hydrogen) atoms. The molecule has 2 aromatic carbocycles. The number of aromatic hydroxyl groups is 1. The summed E-state index contributed by atoms with van der Waals surface area (Å²) in [5.41, 5.74) is -0.0784. The predicted molar refractivity (Wildman–Crippen MR) is 98.7 cm³/mol. The van der Waals surface area contributed by atoms with Crippen molar-refractivity contribution in [3.05, 3.63) is 48.3 Å². The molecule has 0 aliphatic heterocycles. The Balaban J connectivity index is 2.14. The van der Waals surface area contributed by atoms with Crippen LogP contribution in [0.1, 0.15) is 13.8 Å². The fraction of sp³-hybridized carbons (Fsp3) is 0.278. The second-order valence-corrected chi connectivity index (χ2v) is 7.47. The molecule has 146 valence electrons. The molecule has 0 heterocycles. The van der Waals surface area contributed by atoms with Gasteiger partial charge in [-0.2, -0.15) is 4.31 Å². The molecule has 0 aliphatic rings. The normalized spacial score (nSPS) is 11.4. The van der Waals surface area contributed by atoms with Crippen LogP contribution in [0.3, 0.4) is 0 Å². The number of amides is 1. The van der Waals surface area contributed by atoms with E-state index in [2.05, 4.69) is 5.32 Å². The summed E-state index contributed by atoms with van der Waals surface area (Å²) in [6, 6.07) is 9.23. The highest BCUT2D eigenvalue weighted by Gasteiger charge is 2.23. The van der Waals surface area contributed by atoms with Gasteiger partial charge in [0.2, 0.25) is 10.0 Å². The number of hydrogen-bond acceptors (Lipinski definition) is 5. The zero-order valence-corrected chi connectivity index (χ0v) is 15.8. The van der Waals surface area contributed by atoms with Crippen LogP contribution < -0.4 is 10.1 Å². The van der Waals surface area contributed by atoms with Crippen LogP contribution in [-0.2, 0) is 14.8 Å². The van der Waals surface area contributed by atoms with Gasteiger partial charge >= 0.3 is 0 Å². The summed E-state index contributed by atoms with van der Waals surface area (Å²) in [7, 11) is -3.75. The van der Waals surface area contributed by atoms with Crippen molar-refractivity contribution in [2.75, 3.05) is 25.0 Å². The van der Waals surface area contributed by atoms with Gasteiger partial charge in [0.15, 0.2) is 18.2 Å². The standard InChI is InChI=1S/C18H21FN2O5S/c1-3-21(4-2)27(24,25)13-9-10-16(22)15(11-13)20-18(23)12-26-17-8-6-5-7-14(17)19/h5-11,22H,3-4,12H2,1-2H3,(H,20,23). The first-order valence-electron chi connectivity index (χ1n) is 8.30. The molecule has 0 aliphatic carbocycles. The van der Waals surface area contributed by atoms with Crippen LogP contribution in [0.4, 0.5) is 10.1 Å². The Morgan fingerprint density at radius 2 is 1.85 bits per heavy atom. The van der Waals surface area contributed by atoms with E-state index >= 15 is 0 Å². The number of benzene rings is 2. The second kappa shape index (κ2) is 8.83. The molecule has 0 atom stereocenters. The van der Waals surface area contributed by atoms with Gasteiger partial charge in [0.1, 0.15) is 5.75 Å². The molecule has 7 nitrogen and oxygen atoms in total. The van der Waals surface area contributed by atoms with E-state index in [9.17, 15) is 22.7 Å². The molecule has 0 fully saturated rings. The lowest BCUT2D eigenvalue weighted by Crippen LogP contribution is -2.30. The Morgan fingerprint density at radius 1 is 1.19 bits per heavy atom. The Bertz CT molecular complexity index is 914. The van der Waals surface area contributed by atoms with E-state index in [1.54, 1.807) is 19.9 Å². The number of rotatable bonds is 8. The van der Waals surface area contributed by atoms with E-state index in [4.69, 9.17) is 4.74 Å². The summed E-state index contributed by atoms with van der Waals surface area (Å²) < 4.78 is 44.9. The monoisotopic (exact) mass is 396 g/mol. The Kier molecular flexibility index (Phi) is 6.75. The van der Waals surface area contributed by atoms with E-state index in [-0.39, 0.29) is 35.2 Å². The van der Waals surface area contributed by atoms with Crippen molar-refractivity contribution in [3.8, 4) is 11.5 Å². The number of carbonyl (C=O) groups is 1. The zero-order chi connectivity index (χ0) is 20.0. The van der Waals surface area contributed by atoms with Crippen LogP contribution in [0, 0.1) is 5.82 Å². The quantitative estimate of drug-likeness (QED) is 0.669. The van der Waals surface area contributed by atoms with Gasteiger partial charge in [-0.1, -0.05) is 26.0 Å². The smallest absolute Gasteiger partial charge is 0.262 e. The van der Waals surface area contributed by atoms with E-state index < -0.39 is 28.4 Å². The average molecular weight is 396 g/mol. The number of hydrogen-bond donors (Lipinski definition) is 2. The molecule has 0 saturated carbocycles. The van der Waals surface area contributed by atoms with E-state index in [1.165, 1.54) is 40.7 Å². The van der Waals surface area contributed by atoms with Crippen LogP contribution in [-0.4, -0.2) is 43.4 Å². The number of halogens is 1.